The summed E-state index contributed by atoms with van der Waals surface area (Å²) in [7, 11) is -1.83. The average molecular weight is 309 g/mol. The highest BCUT2D eigenvalue weighted by molar-refractivity contribution is 8.00. The molecule has 1 aliphatic rings. The highest BCUT2D eigenvalue weighted by atomic mass is 32.2. The van der Waals surface area contributed by atoms with Crippen molar-refractivity contribution in [3.05, 3.63) is 0 Å². The van der Waals surface area contributed by atoms with Gasteiger partial charge in [-0.3, -0.25) is 9.69 Å². The van der Waals surface area contributed by atoms with E-state index in [0.717, 1.165) is 5.75 Å². The van der Waals surface area contributed by atoms with Crippen molar-refractivity contribution < 1.29 is 17.9 Å². The molecule has 7 heteroatoms. The van der Waals surface area contributed by atoms with Gasteiger partial charge < -0.3 is 4.74 Å². The topological polar surface area (TPSA) is 63.7 Å². The van der Waals surface area contributed by atoms with Crippen molar-refractivity contribution in [1.29, 1.82) is 0 Å². The molecule has 0 aromatic heterocycles. The lowest BCUT2D eigenvalue weighted by Gasteiger charge is -2.33. The molecule has 0 amide bonds. The van der Waals surface area contributed by atoms with E-state index in [1.54, 1.807) is 11.8 Å². The van der Waals surface area contributed by atoms with Crippen LogP contribution >= 0.6 is 11.8 Å². The number of carbonyl (C=O) groups excluding carboxylic acids is 1. The van der Waals surface area contributed by atoms with Gasteiger partial charge in [0.15, 0.2) is 9.84 Å². The molecule has 0 saturated carbocycles. The Morgan fingerprint density at radius 2 is 2.05 bits per heavy atom. The Hall–Kier alpha value is -0.270. The fourth-order valence-electron chi connectivity index (χ4n) is 1.93. The summed E-state index contributed by atoms with van der Waals surface area (Å²) in [6, 6.07) is -0.649. The summed E-state index contributed by atoms with van der Waals surface area (Å²) in [6.45, 7) is 7.52. The van der Waals surface area contributed by atoms with Gasteiger partial charge in [-0.2, -0.15) is 11.8 Å². The zero-order chi connectivity index (χ0) is 14.7. The maximum absolute atomic E-state index is 11.7. The quantitative estimate of drug-likeness (QED) is 0.716. The van der Waals surface area contributed by atoms with E-state index < -0.39 is 21.8 Å². The first-order valence-electron chi connectivity index (χ1n) is 6.31. The molecule has 1 aliphatic heterocycles. The Morgan fingerprint density at radius 1 is 1.42 bits per heavy atom. The van der Waals surface area contributed by atoms with Crippen molar-refractivity contribution in [2.24, 2.45) is 0 Å². The normalized spacial score (nSPS) is 24.1. The van der Waals surface area contributed by atoms with E-state index in [1.165, 1.54) is 7.11 Å². The number of thioether (sulfide) groups is 1. The van der Waals surface area contributed by atoms with Gasteiger partial charge in [0.25, 0.3) is 0 Å². The summed E-state index contributed by atoms with van der Waals surface area (Å²) in [4.78, 5) is 13.6. The summed E-state index contributed by atoms with van der Waals surface area (Å²) in [5.41, 5.74) is 0. The number of methoxy groups -OCH3 is 1. The molecule has 0 aromatic rings. The number of hydrogen-bond acceptors (Lipinski definition) is 6. The number of carbonyl (C=O) groups is 1. The maximum Gasteiger partial charge on any atom is 0.324 e. The van der Waals surface area contributed by atoms with Crippen LogP contribution < -0.4 is 0 Å². The van der Waals surface area contributed by atoms with Gasteiger partial charge in [-0.1, -0.05) is 20.8 Å². The van der Waals surface area contributed by atoms with Crippen LogP contribution in [0.3, 0.4) is 0 Å². The van der Waals surface area contributed by atoms with Gasteiger partial charge in [0, 0.05) is 23.6 Å². The second-order valence-corrected chi connectivity index (χ2v) is 9.80. The van der Waals surface area contributed by atoms with Gasteiger partial charge >= 0.3 is 5.97 Å². The molecule has 5 nitrogen and oxygen atoms in total. The molecular weight excluding hydrogens is 286 g/mol. The fourth-order valence-corrected chi connectivity index (χ4v) is 4.38. The molecular formula is C12H23NO4S2. The second-order valence-electron chi connectivity index (χ2n) is 5.65. The molecule has 19 heavy (non-hydrogen) atoms. The Morgan fingerprint density at radius 3 is 2.58 bits per heavy atom. The maximum atomic E-state index is 11.7. The summed E-state index contributed by atoms with van der Waals surface area (Å²) in [5.74, 6) is 0.418. The van der Waals surface area contributed by atoms with E-state index in [-0.39, 0.29) is 16.3 Å². The zero-order valence-electron chi connectivity index (χ0n) is 12.0. The van der Waals surface area contributed by atoms with Gasteiger partial charge in [-0.25, -0.2) is 8.42 Å². The lowest BCUT2D eigenvalue weighted by atomic mass is 10.2. The molecule has 112 valence electrons. The van der Waals surface area contributed by atoms with Crippen molar-refractivity contribution in [2.45, 2.75) is 31.6 Å². The van der Waals surface area contributed by atoms with Gasteiger partial charge in [-0.15, -0.1) is 0 Å². The van der Waals surface area contributed by atoms with Crippen molar-refractivity contribution >= 4 is 27.6 Å². The molecule has 0 spiro atoms. The molecule has 1 atom stereocenters. The number of ether oxygens (including phenoxy) is 1. The molecule has 0 N–H and O–H groups in total. The number of nitrogens with zero attached hydrogens (tertiary/aromatic N) is 1. The van der Waals surface area contributed by atoms with Crippen LogP contribution in [0, 0.1) is 0 Å². The van der Waals surface area contributed by atoms with E-state index in [4.69, 9.17) is 4.74 Å². The van der Waals surface area contributed by atoms with Crippen molar-refractivity contribution in [3.63, 3.8) is 0 Å². The molecule has 0 aliphatic carbocycles. The van der Waals surface area contributed by atoms with Crippen LogP contribution in [-0.4, -0.2) is 67.5 Å². The molecule has 0 radical (unpaired) electrons. The molecule has 0 aromatic carbocycles. The van der Waals surface area contributed by atoms with Gasteiger partial charge in [-0.05, 0) is 0 Å². The van der Waals surface area contributed by atoms with Crippen LogP contribution in [0.5, 0.6) is 0 Å². The molecule has 0 unspecified atom stereocenters. The molecule has 1 fully saturated rings. The van der Waals surface area contributed by atoms with Crippen LogP contribution in [0.4, 0.5) is 0 Å². The van der Waals surface area contributed by atoms with Crippen LogP contribution in [0.25, 0.3) is 0 Å². The number of rotatable bonds is 4. The smallest absolute Gasteiger partial charge is 0.324 e. The highest BCUT2D eigenvalue weighted by Crippen LogP contribution is 2.23. The fraction of sp³-hybridized carbons (Fsp3) is 0.917. The first-order chi connectivity index (χ1) is 8.64. The van der Waals surface area contributed by atoms with E-state index in [0.29, 0.717) is 13.1 Å². The Bertz CT molecular complexity index is 414. The van der Waals surface area contributed by atoms with Crippen LogP contribution in [0.2, 0.25) is 0 Å². The minimum atomic E-state index is -3.12. The molecule has 1 saturated heterocycles. The summed E-state index contributed by atoms with van der Waals surface area (Å²) in [6.07, 6.45) is 0. The Kier molecular flexibility index (Phi) is 5.70. The van der Waals surface area contributed by atoms with E-state index in [2.05, 4.69) is 20.8 Å². The Labute approximate surface area is 120 Å². The molecule has 1 heterocycles. The lowest BCUT2D eigenvalue weighted by Crippen LogP contribution is -2.53. The van der Waals surface area contributed by atoms with Gasteiger partial charge in [0.1, 0.15) is 6.04 Å². The van der Waals surface area contributed by atoms with Crippen LogP contribution in [0.15, 0.2) is 0 Å². The minimum absolute atomic E-state index is 0.125. The predicted octanol–water partition coefficient (Wildman–Crippen LogP) is 0.790. The third-order valence-electron chi connectivity index (χ3n) is 2.93. The molecule has 0 bridgehead atoms. The molecule has 1 rings (SSSR count). The number of sulfone groups is 1. The second kappa shape index (κ2) is 6.45. The summed E-state index contributed by atoms with van der Waals surface area (Å²) in [5, 5.41) is 0. The Balaban J connectivity index is 2.62. The van der Waals surface area contributed by atoms with Crippen LogP contribution in [0.1, 0.15) is 20.8 Å². The lowest BCUT2D eigenvalue weighted by molar-refractivity contribution is -0.146. The largest absolute Gasteiger partial charge is 0.468 e. The predicted molar refractivity (Wildman–Crippen MR) is 78.2 cm³/mol. The van der Waals surface area contributed by atoms with E-state index in [1.807, 2.05) is 4.90 Å². The monoisotopic (exact) mass is 309 g/mol. The SMILES string of the molecule is COC(=O)[C@@H]1CS(=O)(=O)CCN1CCSC(C)(C)C. The van der Waals surface area contributed by atoms with Crippen molar-refractivity contribution in [3.8, 4) is 0 Å². The van der Waals surface area contributed by atoms with Gasteiger partial charge in [0.2, 0.25) is 0 Å². The third-order valence-corrected chi connectivity index (χ3v) is 5.81. The standard InChI is InChI=1S/C12H23NO4S2/c1-12(2,3)18-7-5-13-6-8-19(15,16)9-10(13)11(14)17-4/h10H,5-9H2,1-4H3/t10-/m0/s1. The minimum Gasteiger partial charge on any atom is -0.468 e. The summed E-state index contributed by atoms with van der Waals surface area (Å²) >= 11 is 1.81. The first-order valence-corrected chi connectivity index (χ1v) is 9.11. The summed E-state index contributed by atoms with van der Waals surface area (Å²) < 4.78 is 28.1. The van der Waals surface area contributed by atoms with Crippen molar-refractivity contribution in [1.82, 2.24) is 4.90 Å². The van der Waals surface area contributed by atoms with E-state index >= 15 is 0 Å². The third kappa shape index (κ3) is 5.71. The van der Waals surface area contributed by atoms with E-state index in [9.17, 15) is 13.2 Å². The van der Waals surface area contributed by atoms with Gasteiger partial charge in [0.05, 0.1) is 18.6 Å². The average Bonchev–Trinajstić information content (AvgIpc) is 2.28. The highest BCUT2D eigenvalue weighted by Gasteiger charge is 2.36. The zero-order valence-corrected chi connectivity index (χ0v) is 13.6. The first kappa shape index (κ1) is 16.8. The number of esters is 1. The van der Waals surface area contributed by atoms with Crippen molar-refractivity contribution in [2.75, 3.05) is 37.5 Å². The van der Waals surface area contributed by atoms with Crippen LogP contribution in [-0.2, 0) is 19.4 Å². The number of hydrogen-bond donors (Lipinski definition) is 0.